The Hall–Kier alpha value is -1.44. The Labute approximate surface area is 147 Å². The van der Waals surface area contributed by atoms with Crippen molar-refractivity contribution in [2.75, 3.05) is 6.54 Å². The molecule has 0 aromatic heterocycles. The summed E-state index contributed by atoms with van der Waals surface area (Å²) in [6.07, 6.45) is 8.13. The number of carbonyl (C=O) groups is 1. The molecule has 2 saturated heterocycles. The van der Waals surface area contributed by atoms with Crippen LogP contribution < -0.4 is 0 Å². The molecule has 4 aliphatic rings. The van der Waals surface area contributed by atoms with Crippen molar-refractivity contribution in [3.05, 3.63) is 36.4 Å². The number of hydrogen-bond donors (Lipinski definition) is 0. The number of carbonyl (C=O) groups excluding carboxylic acids is 1. The van der Waals surface area contributed by atoms with Crippen molar-refractivity contribution < 1.29 is 13.5 Å². The average Bonchev–Trinajstić information content (AvgIpc) is 3.02. The van der Waals surface area contributed by atoms with Crippen LogP contribution in [0.1, 0.15) is 12.8 Å². The minimum atomic E-state index is -0.278. The van der Waals surface area contributed by atoms with E-state index < -0.39 is 0 Å². The Balaban J connectivity index is 1.65. The lowest BCUT2D eigenvalue weighted by atomic mass is 9.88. The Morgan fingerprint density at radius 1 is 1.52 bits per heavy atom. The van der Waals surface area contributed by atoms with E-state index in [1.54, 1.807) is 29.6 Å². The lowest BCUT2D eigenvalue weighted by Crippen LogP contribution is -2.44. The van der Waals surface area contributed by atoms with E-state index >= 15 is 0 Å². The fourth-order valence-electron chi connectivity index (χ4n) is 3.57. The predicted octanol–water partition coefficient (Wildman–Crippen LogP) is 3.27. The Morgan fingerprint density at radius 2 is 2.35 bits per heavy atom. The highest BCUT2D eigenvalue weighted by molar-refractivity contribution is 9.18. The maximum atomic E-state index is 12.1. The molecule has 0 aliphatic carbocycles. The summed E-state index contributed by atoms with van der Waals surface area (Å²) in [5.41, 5.74) is 1.71. The molecule has 23 heavy (non-hydrogen) atoms. The van der Waals surface area contributed by atoms with Gasteiger partial charge >= 0.3 is 6.09 Å². The van der Waals surface area contributed by atoms with Crippen LogP contribution in [0.3, 0.4) is 0 Å². The highest BCUT2D eigenvalue weighted by Gasteiger charge is 2.50. The number of hydrogen-bond acceptors (Lipinski definition) is 4. The molecule has 4 aliphatic heterocycles. The van der Waals surface area contributed by atoms with Gasteiger partial charge in [0.1, 0.15) is 18.0 Å². The third-order valence-corrected chi connectivity index (χ3v) is 6.14. The van der Waals surface area contributed by atoms with Gasteiger partial charge < -0.3 is 9.64 Å². The van der Waals surface area contributed by atoms with E-state index in [0.29, 0.717) is 11.3 Å². The lowest BCUT2D eigenvalue weighted by Gasteiger charge is -2.33. The van der Waals surface area contributed by atoms with Crippen LogP contribution in [0.15, 0.2) is 46.4 Å². The van der Waals surface area contributed by atoms with Gasteiger partial charge in [-0.3, -0.25) is 4.99 Å². The highest BCUT2D eigenvalue weighted by Crippen LogP contribution is 2.43. The van der Waals surface area contributed by atoms with Crippen LogP contribution >= 0.6 is 27.7 Å². The van der Waals surface area contributed by atoms with E-state index in [-0.39, 0.29) is 28.2 Å². The molecule has 8 heteroatoms. The van der Waals surface area contributed by atoms with Gasteiger partial charge in [-0.05, 0) is 18.9 Å². The minimum Gasteiger partial charge on any atom is -0.440 e. The third-order valence-electron chi connectivity index (χ3n) is 4.75. The van der Waals surface area contributed by atoms with Crippen molar-refractivity contribution in [1.82, 2.24) is 4.90 Å². The largest absolute Gasteiger partial charge is 0.440 e. The average molecular weight is 399 g/mol. The van der Waals surface area contributed by atoms with Gasteiger partial charge in [0.25, 0.3) is 4.74 Å². The lowest BCUT2D eigenvalue weighted by molar-refractivity contribution is -0.595. The Kier molecular flexibility index (Phi) is 3.48. The topological polar surface area (TPSA) is 54.3 Å². The van der Waals surface area contributed by atoms with E-state index in [4.69, 9.17) is 16.5 Å². The van der Waals surface area contributed by atoms with Crippen LogP contribution in [-0.4, -0.2) is 44.6 Å². The summed E-state index contributed by atoms with van der Waals surface area (Å²) in [7, 11) is 0. The first kappa shape index (κ1) is 15.1. The van der Waals surface area contributed by atoms with E-state index in [0.717, 1.165) is 24.2 Å². The van der Waals surface area contributed by atoms with Gasteiger partial charge in [-0.15, -0.1) is 4.00 Å². The Morgan fingerprint density at radius 3 is 3.13 bits per heavy atom. The normalized spacial score (nSPS) is 38.3. The van der Waals surface area contributed by atoms with E-state index in [2.05, 4.69) is 32.5 Å². The second kappa shape index (κ2) is 5.29. The van der Waals surface area contributed by atoms with E-state index in [1.807, 2.05) is 0 Å². The quantitative estimate of drug-likeness (QED) is 0.407. The van der Waals surface area contributed by atoms with Crippen LogP contribution in [0.4, 0.5) is 4.79 Å². The summed E-state index contributed by atoms with van der Waals surface area (Å²) in [5, 5.41) is 0. The maximum Gasteiger partial charge on any atom is 0.410 e. The first-order valence-electron chi connectivity index (χ1n) is 7.43. The number of amides is 1. The van der Waals surface area contributed by atoms with Crippen LogP contribution in [0.2, 0.25) is 0 Å². The zero-order valence-electron chi connectivity index (χ0n) is 12.2. The fraction of sp³-hybridized carbons (Fsp3) is 0.400. The van der Waals surface area contributed by atoms with Crippen LogP contribution in [0.25, 0.3) is 0 Å². The number of aliphatic imine (C=N–C) groups is 2. The number of amidine groups is 1. The number of piperidine rings is 1. The van der Waals surface area contributed by atoms with Gasteiger partial charge in [0.05, 0.1) is 18.5 Å². The monoisotopic (exact) mass is 397 g/mol. The maximum absolute atomic E-state index is 12.1. The summed E-state index contributed by atoms with van der Waals surface area (Å²) in [6, 6.07) is 0.0749. The number of rotatable bonds is 2. The van der Waals surface area contributed by atoms with Crippen LogP contribution in [0, 0.1) is 5.92 Å². The van der Waals surface area contributed by atoms with Crippen molar-refractivity contribution in [2.24, 2.45) is 15.9 Å². The molecule has 0 spiro atoms. The molecule has 0 aromatic carbocycles. The Bertz CT molecular complexity index is 716. The molecule has 6 nitrogen and oxygen atoms in total. The molecule has 2 fully saturated rings. The second-order valence-corrected chi connectivity index (χ2v) is 7.18. The fourth-order valence-corrected chi connectivity index (χ4v) is 4.29. The number of halogens is 2. The molecule has 2 unspecified atom stereocenters. The molecule has 4 atom stereocenters. The molecule has 1 amide bonds. The molecular formula is C15H15BrClN4O2+. The van der Waals surface area contributed by atoms with E-state index in [1.165, 1.54) is 0 Å². The van der Waals surface area contributed by atoms with Gasteiger partial charge in [-0.1, -0.05) is 6.58 Å². The molecule has 4 rings (SSSR count). The minimum absolute atomic E-state index is 0.0293. The van der Waals surface area contributed by atoms with Crippen molar-refractivity contribution in [3.63, 3.8) is 0 Å². The zero-order valence-corrected chi connectivity index (χ0v) is 14.6. The molecule has 0 radical (unpaired) electrons. The van der Waals surface area contributed by atoms with Crippen molar-refractivity contribution in [1.29, 1.82) is 0 Å². The van der Waals surface area contributed by atoms with Gasteiger partial charge in [0.2, 0.25) is 5.70 Å². The van der Waals surface area contributed by atoms with Crippen molar-refractivity contribution >= 4 is 44.8 Å². The molecule has 4 heterocycles. The summed E-state index contributed by atoms with van der Waals surface area (Å²) in [4.78, 5) is 22.7. The predicted molar refractivity (Wildman–Crippen MR) is 90.8 cm³/mol. The van der Waals surface area contributed by atoms with Crippen molar-refractivity contribution in [2.45, 2.75) is 25.0 Å². The second-order valence-electron chi connectivity index (χ2n) is 5.94. The smallest absolute Gasteiger partial charge is 0.410 e. The number of allylic oxidation sites excluding steroid dienone is 1. The summed E-state index contributed by atoms with van der Waals surface area (Å²) in [6.45, 7) is 4.33. The van der Waals surface area contributed by atoms with Gasteiger partial charge in [0.15, 0.2) is 11.8 Å². The number of nitrogens with zero attached hydrogens (tertiary/aromatic N) is 4. The summed E-state index contributed by atoms with van der Waals surface area (Å²) < 4.78 is 5.94. The summed E-state index contributed by atoms with van der Waals surface area (Å²) in [5.74, 6) is 0.113. The molecule has 0 aromatic rings. The molecule has 120 valence electrons. The SMILES string of the molecule is C=CC1OC(=O)N2C[C@H](C3=C4C=NC=C[N+]4(Cl)C(Br)=N3)CC[C@@H]12. The zero-order chi connectivity index (χ0) is 16.2. The van der Waals surface area contributed by atoms with Crippen LogP contribution in [-0.2, 0) is 4.74 Å². The molecule has 0 bridgehead atoms. The van der Waals surface area contributed by atoms with Gasteiger partial charge in [-0.2, -0.15) is 4.99 Å². The van der Waals surface area contributed by atoms with Gasteiger partial charge in [-0.25, -0.2) is 4.79 Å². The first-order valence-corrected chi connectivity index (χ1v) is 8.56. The number of quaternary nitrogens is 1. The molecule has 0 saturated carbocycles. The molecular weight excluding hydrogens is 384 g/mol. The van der Waals surface area contributed by atoms with Crippen molar-refractivity contribution in [3.8, 4) is 0 Å². The van der Waals surface area contributed by atoms with Crippen LogP contribution in [0.5, 0.6) is 0 Å². The third kappa shape index (κ3) is 2.14. The first-order chi connectivity index (χ1) is 11.0. The van der Waals surface area contributed by atoms with Gasteiger partial charge in [0, 0.05) is 28.4 Å². The number of cyclic esters (lactones) is 1. The number of ether oxygens (including phenoxy) is 1. The molecule has 0 N–H and O–H groups in total. The standard InChI is InChI=1S/C15H15BrClN4O2/c1-2-12-10-4-3-9(8-20(10)15(22)23-12)13-11-7-18-5-6-21(11,17)14(16)19-13/h2,5-7,9-10,12H,1,3-4,8H2/q+1/t9-,10+,12?,21?/m1/s1. The highest BCUT2D eigenvalue weighted by atomic mass is 79.9. The van der Waals surface area contributed by atoms with E-state index in [9.17, 15) is 4.79 Å². The summed E-state index contributed by atoms with van der Waals surface area (Å²) >= 11 is 10.1. The number of fused-ring (bicyclic) bond motifs is 2.